The molecule has 0 atom stereocenters. The zero-order valence-electron chi connectivity index (χ0n) is 14.0. The molecule has 0 spiro atoms. The predicted octanol–water partition coefficient (Wildman–Crippen LogP) is 0.743. The summed E-state index contributed by atoms with van der Waals surface area (Å²) in [6.07, 6.45) is 0. The molecule has 1 heterocycles. The average molecular weight is 376 g/mol. The van der Waals surface area contributed by atoms with Crippen molar-refractivity contribution in [3.05, 3.63) is 23.2 Å². The highest BCUT2D eigenvalue weighted by Crippen LogP contribution is 2.28. The molecule has 1 aromatic carbocycles. The predicted molar refractivity (Wildman–Crippen MR) is 91.9 cm³/mol. The van der Waals surface area contributed by atoms with E-state index < -0.39 is 10.0 Å². The van der Waals surface area contributed by atoms with Crippen molar-refractivity contribution in [2.45, 2.75) is 4.90 Å². The zero-order chi connectivity index (χ0) is 17.9. The second kappa shape index (κ2) is 7.69. The van der Waals surface area contributed by atoms with Crippen molar-refractivity contribution >= 4 is 27.5 Å². The largest absolute Gasteiger partial charge is 0.495 e. The smallest absolute Gasteiger partial charge is 0.243 e. The molecule has 0 aromatic heterocycles. The van der Waals surface area contributed by atoms with E-state index >= 15 is 0 Å². The van der Waals surface area contributed by atoms with Crippen LogP contribution in [0.2, 0.25) is 5.02 Å². The lowest BCUT2D eigenvalue weighted by atomic mass is 10.3. The molecule has 1 aliphatic rings. The van der Waals surface area contributed by atoms with Crippen LogP contribution in [-0.4, -0.2) is 82.4 Å². The normalized spacial score (nSPS) is 16.8. The summed E-state index contributed by atoms with van der Waals surface area (Å²) in [5, 5.41) is 0.258. The van der Waals surface area contributed by atoms with Gasteiger partial charge in [-0.25, -0.2) is 8.42 Å². The maximum atomic E-state index is 12.7. The lowest BCUT2D eigenvalue weighted by Gasteiger charge is -2.34. The van der Waals surface area contributed by atoms with Crippen LogP contribution in [0.25, 0.3) is 0 Å². The second-order valence-electron chi connectivity index (χ2n) is 5.76. The van der Waals surface area contributed by atoms with Gasteiger partial charge in [-0.15, -0.1) is 0 Å². The van der Waals surface area contributed by atoms with E-state index in [0.717, 1.165) is 0 Å². The van der Waals surface area contributed by atoms with Gasteiger partial charge in [0, 0.05) is 40.3 Å². The van der Waals surface area contributed by atoms with E-state index in [0.29, 0.717) is 38.5 Å². The third kappa shape index (κ3) is 4.18. The number of carbonyl (C=O) groups is 1. The molecule has 9 heteroatoms. The van der Waals surface area contributed by atoms with Gasteiger partial charge in [0.25, 0.3) is 0 Å². The molecule has 1 aromatic rings. The van der Waals surface area contributed by atoms with E-state index in [1.54, 1.807) is 20.2 Å². The van der Waals surface area contributed by atoms with E-state index in [-0.39, 0.29) is 15.8 Å². The number of carbonyl (C=O) groups excluding carboxylic acids is 1. The Morgan fingerprint density at radius 1 is 1.25 bits per heavy atom. The summed E-state index contributed by atoms with van der Waals surface area (Å²) in [4.78, 5) is 15.4. The number of hydrogen-bond donors (Lipinski definition) is 0. The number of likely N-dealkylation sites (N-methyl/N-ethyl adjacent to an activating group) is 1. The Labute approximate surface area is 147 Å². The average Bonchev–Trinajstić information content (AvgIpc) is 2.55. The molecule has 1 amide bonds. The molecule has 24 heavy (non-hydrogen) atoms. The number of benzene rings is 1. The van der Waals surface area contributed by atoms with Crippen LogP contribution >= 0.6 is 11.6 Å². The third-order valence-corrected chi connectivity index (χ3v) is 6.14. The number of hydrogen-bond acceptors (Lipinski definition) is 5. The van der Waals surface area contributed by atoms with E-state index in [4.69, 9.17) is 16.3 Å². The molecule has 134 valence electrons. The summed E-state index contributed by atoms with van der Waals surface area (Å²) < 4.78 is 31.9. The molecule has 0 unspecified atom stereocenters. The van der Waals surface area contributed by atoms with Crippen LogP contribution in [0.1, 0.15) is 0 Å². The summed E-state index contributed by atoms with van der Waals surface area (Å²) in [6, 6.07) is 4.43. The van der Waals surface area contributed by atoms with Crippen molar-refractivity contribution in [1.29, 1.82) is 0 Å². The first kappa shape index (κ1) is 19.0. The lowest BCUT2D eigenvalue weighted by Crippen LogP contribution is -2.50. The molecular weight excluding hydrogens is 354 g/mol. The fourth-order valence-electron chi connectivity index (χ4n) is 2.42. The Morgan fingerprint density at radius 3 is 2.38 bits per heavy atom. The van der Waals surface area contributed by atoms with E-state index in [1.807, 2.05) is 4.90 Å². The molecule has 0 saturated carbocycles. The fraction of sp³-hybridized carbons (Fsp3) is 0.533. The van der Waals surface area contributed by atoms with Crippen LogP contribution in [0.15, 0.2) is 23.1 Å². The SMILES string of the molecule is COc1ccc(S(=O)(=O)N2CCN(CC(=O)N(C)C)CC2)cc1Cl. The van der Waals surface area contributed by atoms with Crippen LogP contribution in [0.4, 0.5) is 0 Å². The molecule has 0 aliphatic carbocycles. The van der Waals surface area contributed by atoms with Crippen LogP contribution in [-0.2, 0) is 14.8 Å². The lowest BCUT2D eigenvalue weighted by molar-refractivity contribution is -0.130. The van der Waals surface area contributed by atoms with Gasteiger partial charge in [-0.3, -0.25) is 9.69 Å². The fourth-order valence-corrected chi connectivity index (χ4v) is 4.19. The van der Waals surface area contributed by atoms with Crippen molar-refractivity contribution in [1.82, 2.24) is 14.1 Å². The van der Waals surface area contributed by atoms with Gasteiger partial charge in [-0.2, -0.15) is 4.31 Å². The molecule has 0 radical (unpaired) electrons. The standard InChI is InChI=1S/C15H22ClN3O4S/c1-17(2)15(20)11-18-6-8-19(9-7-18)24(21,22)12-4-5-14(23-3)13(16)10-12/h4-5,10H,6-9,11H2,1-3H3. The number of rotatable bonds is 5. The Hall–Kier alpha value is -1.35. The van der Waals surface area contributed by atoms with Crippen molar-refractivity contribution in [2.75, 3.05) is 53.9 Å². The van der Waals surface area contributed by atoms with Crippen molar-refractivity contribution in [3.63, 3.8) is 0 Å². The van der Waals surface area contributed by atoms with Crippen molar-refractivity contribution in [2.24, 2.45) is 0 Å². The van der Waals surface area contributed by atoms with E-state index in [9.17, 15) is 13.2 Å². The molecule has 0 bridgehead atoms. The van der Waals surface area contributed by atoms with Gasteiger partial charge in [-0.1, -0.05) is 11.6 Å². The molecular formula is C15H22ClN3O4S. The second-order valence-corrected chi connectivity index (χ2v) is 8.11. The molecule has 0 N–H and O–H groups in total. The highest BCUT2D eigenvalue weighted by molar-refractivity contribution is 7.89. The Bertz CT molecular complexity index is 701. The van der Waals surface area contributed by atoms with Gasteiger partial charge in [0.1, 0.15) is 5.75 Å². The minimum absolute atomic E-state index is 0.00763. The summed E-state index contributed by atoms with van der Waals surface area (Å²) in [6.45, 7) is 2.01. The minimum Gasteiger partial charge on any atom is -0.495 e. The summed E-state index contributed by atoms with van der Waals surface area (Å²) in [5.41, 5.74) is 0. The Kier molecular flexibility index (Phi) is 6.08. The summed E-state index contributed by atoms with van der Waals surface area (Å²) >= 11 is 6.03. The maximum Gasteiger partial charge on any atom is 0.243 e. The van der Waals surface area contributed by atoms with Crippen LogP contribution in [0.5, 0.6) is 5.75 Å². The molecule has 1 aliphatic heterocycles. The highest BCUT2D eigenvalue weighted by atomic mass is 35.5. The van der Waals surface area contributed by atoms with E-state index in [1.165, 1.54) is 28.4 Å². The maximum absolute atomic E-state index is 12.7. The van der Waals surface area contributed by atoms with Gasteiger partial charge in [0.2, 0.25) is 15.9 Å². The van der Waals surface area contributed by atoms with Crippen LogP contribution < -0.4 is 4.74 Å². The molecule has 2 rings (SSSR count). The van der Waals surface area contributed by atoms with Gasteiger partial charge in [0.15, 0.2) is 0 Å². The monoisotopic (exact) mass is 375 g/mol. The van der Waals surface area contributed by atoms with Crippen molar-refractivity contribution < 1.29 is 17.9 Å². The minimum atomic E-state index is -3.61. The Morgan fingerprint density at radius 2 is 1.88 bits per heavy atom. The van der Waals surface area contributed by atoms with Gasteiger partial charge >= 0.3 is 0 Å². The van der Waals surface area contributed by atoms with Crippen LogP contribution in [0, 0.1) is 0 Å². The number of piperazine rings is 1. The van der Waals surface area contributed by atoms with Gasteiger partial charge < -0.3 is 9.64 Å². The van der Waals surface area contributed by atoms with Gasteiger partial charge in [0.05, 0.1) is 23.6 Å². The zero-order valence-corrected chi connectivity index (χ0v) is 15.6. The first-order valence-electron chi connectivity index (χ1n) is 7.52. The van der Waals surface area contributed by atoms with E-state index in [2.05, 4.69) is 0 Å². The van der Waals surface area contributed by atoms with Crippen LogP contribution in [0.3, 0.4) is 0 Å². The number of amides is 1. The molecule has 1 saturated heterocycles. The van der Waals surface area contributed by atoms with Gasteiger partial charge in [-0.05, 0) is 18.2 Å². The first-order valence-corrected chi connectivity index (χ1v) is 9.33. The highest BCUT2D eigenvalue weighted by Gasteiger charge is 2.29. The quantitative estimate of drug-likeness (QED) is 0.759. The number of methoxy groups -OCH3 is 1. The number of halogens is 1. The molecule has 1 fully saturated rings. The third-order valence-electron chi connectivity index (χ3n) is 3.95. The summed E-state index contributed by atoms with van der Waals surface area (Å²) in [5.74, 6) is 0.441. The molecule has 7 nitrogen and oxygen atoms in total. The number of nitrogens with zero attached hydrogens (tertiary/aromatic N) is 3. The first-order chi connectivity index (χ1) is 11.3. The Balaban J connectivity index is 2.05. The topological polar surface area (TPSA) is 70.2 Å². The number of ether oxygens (including phenoxy) is 1. The van der Waals surface area contributed by atoms with Crippen molar-refractivity contribution in [3.8, 4) is 5.75 Å². The number of sulfonamides is 1. The summed E-state index contributed by atoms with van der Waals surface area (Å²) in [7, 11) is 1.28.